The Morgan fingerprint density at radius 2 is 2.02 bits per heavy atom. The molecule has 3 atom stereocenters. The van der Waals surface area contributed by atoms with Gasteiger partial charge in [0.1, 0.15) is 23.1 Å². The number of fused-ring (bicyclic) bond motifs is 2. The molecule has 0 saturated heterocycles. The van der Waals surface area contributed by atoms with Crippen LogP contribution in [-0.4, -0.2) is 81.6 Å². The molecule has 47 heavy (non-hydrogen) atoms. The van der Waals surface area contributed by atoms with E-state index in [0.717, 1.165) is 48.7 Å². The number of hydrogen-bond donors (Lipinski definition) is 3. The Hall–Kier alpha value is -4.61. The van der Waals surface area contributed by atoms with Gasteiger partial charge in [-0.05, 0) is 57.1 Å². The van der Waals surface area contributed by atoms with E-state index >= 15 is 0 Å². The smallest absolute Gasteiger partial charge is 0.330 e. The maximum absolute atomic E-state index is 13.6. The van der Waals surface area contributed by atoms with Crippen molar-refractivity contribution in [1.82, 2.24) is 30.3 Å². The van der Waals surface area contributed by atoms with E-state index < -0.39 is 29.5 Å². The molecule has 12 heteroatoms. The van der Waals surface area contributed by atoms with Gasteiger partial charge in [-0.1, -0.05) is 26.0 Å². The number of allylic oxidation sites excluding steroid dienone is 1. The number of aliphatic carboxylic acids is 1. The number of aryl methyl sites for hydroxylation is 2. The highest BCUT2D eigenvalue weighted by molar-refractivity contribution is 5.94. The summed E-state index contributed by atoms with van der Waals surface area (Å²) in [5, 5.41) is 20.9. The van der Waals surface area contributed by atoms with E-state index in [2.05, 4.69) is 29.6 Å². The number of carbonyl (C=O) groups excluding carboxylic acids is 2. The van der Waals surface area contributed by atoms with Crippen molar-refractivity contribution in [2.75, 3.05) is 27.3 Å². The summed E-state index contributed by atoms with van der Waals surface area (Å²) in [6, 6.07) is 4.20. The van der Waals surface area contributed by atoms with Crippen LogP contribution in [0.2, 0.25) is 0 Å². The minimum atomic E-state index is -1.38. The molecule has 1 aliphatic carbocycles. The molecule has 0 spiro atoms. The number of benzene rings is 1. The lowest BCUT2D eigenvalue weighted by Gasteiger charge is -2.25. The predicted octanol–water partition coefficient (Wildman–Crippen LogP) is 4.94. The summed E-state index contributed by atoms with van der Waals surface area (Å²) in [7, 11) is 3.30. The zero-order chi connectivity index (χ0) is 33.7. The molecule has 1 aromatic carbocycles. The van der Waals surface area contributed by atoms with Crippen LogP contribution in [0.3, 0.4) is 0 Å². The number of ether oxygens (including phenoxy) is 2. The topological polar surface area (TPSA) is 148 Å². The third kappa shape index (κ3) is 7.69. The first-order valence-corrected chi connectivity index (χ1v) is 16.4. The van der Waals surface area contributed by atoms with Crippen LogP contribution in [0.5, 0.6) is 11.5 Å². The zero-order valence-electron chi connectivity index (χ0n) is 27.9. The molecule has 3 heterocycles. The quantitative estimate of drug-likeness (QED) is 0.263. The fraction of sp³-hybridized carbons (Fsp3) is 0.514. The van der Waals surface area contributed by atoms with Gasteiger partial charge >= 0.3 is 12.0 Å². The maximum atomic E-state index is 13.6. The van der Waals surface area contributed by atoms with Gasteiger partial charge in [0.05, 0.1) is 31.1 Å². The number of urea groups is 1. The van der Waals surface area contributed by atoms with Crippen molar-refractivity contribution in [3.05, 3.63) is 48.3 Å². The first kappa shape index (κ1) is 33.7. The standard InChI is InChI=1S/C35H46N6O6/c1-22(2)13-16-41-21-24(20-36-41)28-18-30(26-11-12-29(46-5)23(3)31(26)37-28)47-17-14-27-32(42)39-35(33(43)44)19-25(35)10-8-6-7-9-15-40(4)34(45)38-27/h8,10-12,18,20-22,25,27H,6-7,9,13-17,19H2,1-5H3,(H,38,45)(H,39,42)(H,43,44). The van der Waals surface area contributed by atoms with Crippen LogP contribution in [-0.2, 0) is 16.1 Å². The van der Waals surface area contributed by atoms with Gasteiger partial charge in [0.15, 0.2) is 0 Å². The average molecular weight is 647 g/mol. The zero-order valence-corrected chi connectivity index (χ0v) is 27.9. The molecule has 12 nitrogen and oxygen atoms in total. The molecular weight excluding hydrogens is 600 g/mol. The van der Waals surface area contributed by atoms with Crippen LogP contribution in [0.25, 0.3) is 22.2 Å². The molecule has 252 valence electrons. The first-order valence-electron chi connectivity index (χ1n) is 16.4. The third-order valence-electron chi connectivity index (χ3n) is 9.08. The minimum absolute atomic E-state index is 0.0722. The molecule has 1 aliphatic heterocycles. The van der Waals surface area contributed by atoms with Crippen molar-refractivity contribution < 1.29 is 29.0 Å². The van der Waals surface area contributed by atoms with Gasteiger partial charge in [0, 0.05) is 61.3 Å². The summed E-state index contributed by atoms with van der Waals surface area (Å²) in [6.45, 7) is 7.71. The van der Waals surface area contributed by atoms with Crippen molar-refractivity contribution in [1.29, 1.82) is 0 Å². The Labute approximate surface area is 275 Å². The number of hydrogen-bond acceptors (Lipinski definition) is 7. The van der Waals surface area contributed by atoms with Crippen LogP contribution in [0.1, 0.15) is 57.9 Å². The summed E-state index contributed by atoms with van der Waals surface area (Å²) in [6.07, 6.45) is 11.5. The second-order valence-electron chi connectivity index (χ2n) is 13.0. The van der Waals surface area contributed by atoms with E-state index in [-0.39, 0.29) is 18.9 Å². The molecule has 0 bridgehead atoms. The molecule has 5 rings (SSSR count). The number of rotatable bonds is 10. The van der Waals surface area contributed by atoms with E-state index in [9.17, 15) is 19.5 Å². The number of pyridine rings is 1. The summed E-state index contributed by atoms with van der Waals surface area (Å²) < 4.78 is 13.8. The Morgan fingerprint density at radius 3 is 2.77 bits per heavy atom. The second kappa shape index (κ2) is 14.4. The highest BCUT2D eigenvalue weighted by Crippen LogP contribution is 2.45. The maximum Gasteiger partial charge on any atom is 0.330 e. The summed E-state index contributed by atoms with van der Waals surface area (Å²) in [4.78, 5) is 45.4. The third-order valence-corrected chi connectivity index (χ3v) is 9.08. The largest absolute Gasteiger partial charge is 0.496 e. The normalized spacial score (nSPS) is 22.0. The van der Waals surface area contributed by atoms with Crippen molar-refractivity contribution >= 4 is 28.8 Å². The molecular formula is C35H46N6O6. The molecule has 1 fully saturated rings. The monoisotopic (exact) mass is 646 g/mol. The van der Waals surface area contributed by atoms with Crippen LogP contribution >= 0.6 is 0 Å². The van der Waals surface area contributed by atoms with E-state index in [1.54, 1.807) is 25.3 Å². The summed E-state index contributed by atoms with van der Waals surface area (Å²) >= 11 is 0. The number of nitrogens with one attached hydrogen (secondary N) is 2. The van der Waals surface area contributed by atoms with Crippen LogP contribution in [0, 0.1) is 18.8 Å². The number of nitrogens with zero attached hydrogens (tertiary/aromatic N) is 4. The highest BCUT2D eigenvalue weighted by atomic mass is 16.5. The average Bonchev–Trinajstić information content (AvgIpc) is 3.53. The molecule has 0 radical (unpaired) electrons. The fourth-order valence-corrected chi connectivity index (χ4v) is 5.93. The van der Waals surface area contributed by atoms with Gasteiger partial charge in [-0.15, -0.1) is 0 Å². The van der Waals surface area contributed by atoms with Crippen molar-refractivity contribution in [3.63, 3.8) is 0 Å². The lowest BCUT2D eigenvalue weighted by atomic mass is 10.1. The van der Waals surface area contributed by atoms with E-state index in [1.807, 2.05) is 48.2 Å². The number of aromatic nitrogens is 3. The number of carboxylic acid groups (broad SMARTS) is 1. The van der Waals surface area contributed by atoms with E-state index in [1.165, 1.54) is 0 Å². The van der Waals surface area contributed by atoms with Gasteiger partial charge in [-0.3, -0.25) is 9.48 Å². The number of carbonyl (C=O) groups is 3. The van der Waals surface area contributed by atoms with Gasteiger partial charge in [0.2, 0.25) is 5.91 Å². The Morgan fingerprint density at radius 1 is 1.21 bits per heavy atom. The predicted molar refractivity (Wildman–Crippen MR) is 178 cm³/mol. The summed E-state index contributed by atoms with van der Waals surface area (Å²) in [5.74, 6) is -0.121. The van der Waals surface area contributed by atoms with E-state index in [0.29, 0.717) is 41.6 Å². The Bertz CT molecular complexity index is 1650. The number of amides is 3. The number of methoxy groups -OCH3 is 1. The van der Waals surface area contributed by atoms with Gasteiger partial charge in [0.25, 0.3) is 0 Å². The minimum Gasteiger partial charge on any atom is -0.496 e. The lowest BCUT2D eigenvalue weighted by Crippen LogP contribution is -2.55. The fourth-order valence-electron chi connectivity index (χ4n) is 5.93. The molecule has 3 amide bonds. The highest BCUT2D eigenvalue weighted by Gasteiger charge is 2.60. The first-order chi connectivity index (χ1) is 22.5. The molecule has 2 aromatic heterocycles. The molecule has 3 unspecified atom stereocenters. The van der Waals surface area contributed by atoms with Gasteiger partial charge < -0.3 is 30.1 Å². The van der Waals surface area contributed by atoms with Gasteiger partial charge in [-0.25, -0.2) is 14.6 Å². The molecule has 1 saturated carbocycles. The van der Waals surface area contributed by atoms with Crippen LogP contribution in [0.15, 0.2) is 42.7 Å². The molecule has 3 N–H and O–H groups in total. The SMILES string of the molecule is COc1ccc2c(OCCC3NC(=O)N(C)CCCCC=CC4CC4(C(=O)O)NC3=O)cc(-c3cnn(CCC(C)C)c3)nc2c1C. The van der Waals surface area contributed by atoms with Crippen molar-refractivity contribution in [2.24, 2.45) is 11.8 Å². The molecule has 2 aliphatic rings. The van der Waals surface area contributed by atoms with Crippen LogP contribution in [0.4, 0.5) is 4.79 Å². The second-order valence-corrected chi connectivity index (χ2v) is 13.0. The van der Waals surface area contributed by atoms with E-state index in [4.69, 9.17) is 14.5 Å². The number of carboxylic acids is 1. The van der Waals surface area contributed by atoms with Crippen molar-refractivity contribution in [2.45, 2.75) is 77.4 Å². The molecule has 3 aromatic rings. The summed E-state index contributed by atoms with van der Waals surface area (Å²) in [5.41, 5.74) is 1.72. The van der Waals surface area contributed by atoms with Crippen LogP contribution < -0.4 is 20.1 Å². The lowest BCUT2D eigenvalue weighted by molar-refractivity contribution is -0.143. The van der Waals surface area contributed by atoms with Crippen molar-refractivity contribution in [3.8, 4) is 22.8 Å². The van der Waals surface area contributed by atoms with Gasteiger partial charge in [-0.2, -0.15) is 5.10 Å². The Kier molecular flexibility index (Phi) is 10.4. The Balaban J connectivity index is 1.40.